The van der Waals surface area contributed by atoms with E-state index in [1.165, 1.54) is 11.1 Å². The smallest absolute Gasteiger partial charge is 0.238 e. The Labute approximate surface area is 200 Å². The Balaban J connectivity index is 1.14. The molecule has 8 nitrogen and oxygen atoms in total. The second-order valence-corrected chi connectivity index (χ2v) is 9.08. The average molecular weight is 462 g/mol. The zero-order valence-corrected chi connectivity index (χ0v) is 20.0. The van der Waals surface area contributed by atoms with Crippen LogP contribution in [0.15, 0.2) is 42.5 Å². The van der Waals surface area contributed by atoms with Gasteiger partial charge in [-0.1, -0.05) is 23.8 Å². The van der Waals surface area contributed by atoms with Crippen LogP contribution in [0.3, 0.4) is 0 Å². The van der Waals surface area contributed by atoms with Crippen LogP contribution in [0.1, 0.15) is 22.5 Å². The van der Waals surface area contributed by atoms with Crippen LogP contribution in [-0.2, 0) is 11.3 Å². The first-order valence-electron chi connectivity index (χ1n) is 11.7. The molecule has 8 heteroatoms. The molecule has 1 N–H and O–H groups in total. The number of anilines is 1. The number of nitrogens with one attached hydrogen (secondary N) is 1. The van der Waals surface area contributed by atoms with E-state index in [-0.39, 0.29) is 5.91 Å². The molecule has 2 aliphatic heterocycles. The van der Waals surface area contributed by atoms with Gasteiger partial charge in [-0.25, -0.2) is 4.68 Å². The lowest BCUT2D eigenvalue weighted by Crippen LogP contribution is -2.48. The summed E-state index contributed by atoms with van der Waals surface area (Å²) in [4.78, 5) is 17.4. The normalized spacial score (nSPS) is 16.1. The summed E-state index contributed by atoms with van der Waals surface area (Å²) in [7, 11) is 0. The molecule has 0 saturated carbocycles. The number of aromatic nitrogens is 2. The molecule has 5 rings (SSSR count). The van der Waals surface area contributed by atoms with Gasteiger partial charge in [0.05, 0.1) is 29.3 Å². The lowest BCUT2D eigenvalue weighted by Gasteiger charge is -2.34. The topological polar surface area (TPSA) is 71.9 Å². The Hall–Kier alpha value is -3.36. The van der Waals surface area contributed by atoms with Crippen molar-refractivity contribution in [2.24, 2.45) is 0 Å². The number of rotatable bonds is 6. The van der Waals surface area contributed by atoms with Crippen molar-refractivity contribution in [1.82, 2.24) is 19.6 Å². The molecule has 0 aliphatic carbocycles. The van der Waals surface area contributed by atoms with Gasteiger partial charge in [-0.2, -0.15) is 5.10 Å². The van der Waals surface area contributed by atoms with Crippen LogP contribution in [0.25, 0.3) is 5.69 Å². The van der Waals surface area contributed by atoms with Crippen molar-refractivity contribution < 1.29 is 14.3 Å². The van der Waals surface area contributed by atoms with Crippen molar-refractivity contribution >= 4 is 11.6 Å². The highest BCUT2D eigenvalue weighted by Crippen LogP contribution is 2.33. The van der Waals surface area contributed by atoms with Crippen molar-refractivity contribution in [3.05, 3.63) is 65.0 Å². The number of ether oxygens (including phenoxy) is 2. The molecular weight excluding hydrogens is 430 g/mol. The Bertz CT molecular complexity index is 1180. The highest BCUT2D eigenvalue weighted by Gasteiger charge is 2.22. The summed E-state index contributed by atoms with van der Waals surface area (Å²) in [5.41, 5.74) is 5.96. The predicted molar refractivity (Wildman–Crippen MR) is 131 cm³/mol. The number of benzene rings is 2. The molecule has 1 fully saturated rings. The van der Waals surface area contributed by atoms with E-state index in [0.29, 0.717) is 13.3 Å². The SMILES string of the molecule is Cc1ccc(-n2nc(C)c(NC(=O)CN3CCN(Cc4ccc5c(c4)OCO5)CC3)c2C)cc1. The number of piperazine rings is 1. The number of amides is 1. The fourth-order valence-electron chi connectivity index (χ4n) is 4.55. The number of fused-ring (bicyclic) bond motifs is 1. The van der Waals surface area contributed by atoms with Crippen molar-refractivity contribution in [3.63, 3.8) is 0 Å². The molecule has 0 unspecified atom stereocenters. The molecule has 1 amide bonds. The van der Waals surface area contributed by atoms with Gasteiger partial charge in [0.1, 0.15) is 0 Å². The molecule has 3 heterocycles. The summed E-state index contributed by atoms with van der Waals surface area (Å²) in [5.74, 6) is 1.64. The van der Waals surface area contributed by atoms with Crippen LogP contribution in [0, 0.1) is 20.8 Å². The van der Waals surface area contributed by atoms with E-state index in [0.717, 1.165) is 67.0 Å². The quantitative estimate of drug-likeness (QED) is 0.608. The highest BCUT2D eigenvalue weighted by atomic mass is 16.7. The van der Waals surface area contributed by atoms with Crippen LogP contribution in [0.2, 0.25) is 0 Å². The lowest BCUT2D eigenvalue weighted by molar-refractivity contribution is -0.117. The monoisotopic (exact) mass is 461 g/mol. The first-order valence-corrected chi connectivity index (χ1v) is 11.7. The molecule has 0 bridgehead atoms. The van der Waals surface area contributed by atoms with Crippen LogP contribution in [0.4, 0.5) is 5.69 Å². The fourth-order valence-corrected chi connectivity index (χ4v) is 4.55. The minimum atomic E-state index is -0.00104. The molecule has 0 spiro atoms. The Morgan fingerprint density at radius 3 is 2.41 bits per heavy atom. The molecule has 2 aliphatic rings. The van der Waals surface area contributed by atoms with E-state index >= 15 is 0 Å². The van der Waals surface area contributed by atoms with Gasteiger partial charge in [0.15, 0.2) is 11.5 Å². The van der Waals surface area contributed by atoms with Crippen molar-refractivity contribution in [3.8, 4) is 17.2 Å². The third-order valence-corrected chi connectivity index (χ3v) is 6.51. The number of nitrogens with zero attached hydrogens (tertiary/aromatic N) is 4. The standard InChI is InChI=1S/C26H31N5O3/c1-18-4-7-22(8-5-18)31-20(3)26(19(2)28-31)27-25(32)16-30-12-10-29(11-13-30)15-21-6-9-23-24(14-21)34-17-33-23/h4-9,14H,10-13,15-17H2,1-3H3,(H,27,32). The van der Waals surface area contributed by atoms with Gasteiger partial charge in [-0.3, -0.25) is 14.6 Å². The second kappa shape index (κ2) is 9.48. The van der Waals surface area contributed by atoms with E-state index in [2.05, 4.69) is 51.4 Å². The molecule has 3 aromatic rings. The lowest BCUT2D eigenvalue weighted by atomic mass is 10.1. The number of hydrogen-bond donors (Lipinski definition) is 1. The molecule has 178 valence electrons. The van der Waals surface area contributed by atoms with Gasteiger partial charge >= 0.3 is 0 Å². The molecule has 2 aromatic carbocycles. The van der Waals surface area contributed by atoms with E-state index < -0.39 is 0 Å². The second-order valence-electron chi connectivity index (χ2n) is 9.08. The number of hydrogen-bond acceptors (Lipinski definition) is 6. The molecule has 1 saturated heterocycles. The van der Waals surface area contributed by atoms with Gasteiger partial charge in [0.25, 0.3) is 0 Å². The predicted octanol–water partition coefficient (Wildman–Crippen LogP) is 3.28. The van der Waals surface area contributed by atoms with E-state index in [4.69, 9.17) is 9.47 Å². The van der Waals surface area contributed by atoms with Gasteiger partial charge < -0.3 is 14.8 Å². The highest BCUT2D eigenvalue weighted by molar-refractivity contribution is 5.93. The summed E-state index contributed by atoms with van der Waals surface area (Å²) in [6, 6.07) is 14.3. The summed E-state index contributed by atoms with van der Waals surface area (Å²) in [6.07, 6.45) is 0. The van der Waals surface area contributed by atoms with Crippen LogP contribution >= 0.6 is 0 Å². The molecular formula is C26H31N5O3. The van der Waals surface area contributed by atoms with Gasteiger partial charge in [0, 0.05) is 32.7 Å². The first kappa shape index (κ1) is 22.4. The number of aryl methyl sites for hydroxylation is 2. The minimum Gasteiger partial charge on any atom is -0.454 e. The molecule has 0 atom stereocenters. The van der Waals surface area contributed by atoms with E-state index in [1.807, 2.05) is 36.7 Å². The van der Waals surface area contributed by atoms with Gasteiger partial charge in [0.2, 0.25) is 12.7 Å². The van der Waals surface area contributed by atoms with Crippen LogP contribution in [0.5, 0.6) is 11.5 Å². The van der Waals surface area contributed by atoms with Crippen molar-refractivity contribution in [2.75, 3.05) is 44.8 Å². The maximum atomic E-state index is 12.8. The zero-order chi connectivity index (χ0) is 23.7. The fraction of sp³-hybridized carbons (Fsp3) is 0.385. The van der Waals surface area contributed by atoms with E-state index in [9.17, 15) is 4.79 Å². The third-order valence-electron chi connectivity index (χ3n) is 6.51. The Morgan fingerprint density at radius 1 is 0.941 bits per heavy atom. The summed E-state index contributed by atoms with van der Waals surface area (Å²) >= 11 is 0. The van der Waals surface area contributed by atoms with Crippen molar-refractivity contribution in [1.29, 1.82) is 0 Å². The average Bonchev–Trinajstić information content (AvgIpc) is 3.40. The van der Waals surface area contributed by atoms with Gasteiger partial charge in [-0.15, -0.1) is 0 Å². The summed E-state index contributed by atoms with van der Waals surface area (Å²) < 4.78 is 12.8. The third kappa shape index (κ3) is 4.78. The van der Waals surface area contributed by atoms with E-state index in [1.54, 1.807) is 0 Å². The minimum absolute atomic E-state index is 0.00104. The maximum absolute atomic E-state index is 12.8. The van der Waals surface area contributed by atoms with Crippen LogP contribution < -0.4 is 14.8 Å². The molecule has 34 heavy (non-hydrogen) atoms. The number of carbonyl (C=O) groups is 1. The molecule has 0 radical (unpaired) electrons. The van der Waals surface area contributed by atoms with Crippen LogP contribution in [-0.4, -0.2) is 65.0 Å². The maximum Gasteiger partial charge on any atom is 0.238 e. The zero-order valence-electron chi connectivity index (χ0n) is 20.0. The van der Waals surface area contributed by atoms with Gasteiger partial charge in [-0.05, 0) is 50.6 Å². The summed E-state index contributed by atoms with van der Waals surface area (Å²) in [5, 5.41) is 7.75. The number of carbonyl (C=O) groups excluding carboxylic acids is 1. The molecule has 1 aromatic heterocycles. The Kier molecular flexibility index (Phi) is 6.26. The largest absolute Gasteiger partial charge is 0.454 e. The first-order chi connectivity index (χ1) is 16.5. The summed E-state index contributed by atoms with van der Waals surface area (Å²) in [6.45, 7) is 11.1. The van der Waals surface area contributed by atoms with Crippen molar-refractivity contribution in [2.45, 2.75) is 27.3 Å². The Morgan fingerprint density at radius 2 is 1.65 bits per heavy atom.